The van der Waals surface area contributed by atoms with Crippen molar-refractivity contribution in [2.75, 3.05) is 23.5 Å². The summed E-state index contributed by atoms with van der Waals surface area (Å²) < 4.78 is 28.9. The van der Waals surface area contributed by atoms with E-state index in [1.165, 1.54) is 0 Å². The highest BCUT2D eigenvalue weighted by atomic mass is 32.2. The fourth-order valence-electron chi connectivity index (χ4n) is 7.38. The summed E-state index contributed by atoms with van der Waals surface area (Å²) in [4.78, 5) is 19.6. The predicted octanol–water partition coefficient (Wildman–Crippen LogP) is 8.28. The Hall–Kier alpha value is -3.27. The first-order valence-corrected chi connectivity index (χ1v) is 19.4. The number of para-hydroxylation sites is 2. The molecular formula is C37H45N3O4S2. The summed E-state index contributed by atoms with van der Waals surface area (Å²) >= 11 is 1.56. The number of sulfone groups is 1. The summed E-state index contributed by atoms with van der Waals surface area (Å²) in [5, 5.41) is 14.8. The second-order valence-electron chi connectivity index (χ2n) is 13.2. The van der Waals surface area contributed by atoms with Crippen molar-refractivity contribution in [1.29, 1.82) is 0 Å². The fraction of sp³-hybridized carbons (Fsp3) is 0.432. The summed E-state index contributed by atoms with van der Waals surface area (Å²) in [5.41, 5.74) is 2.91. The number of rotatable bonds is 13. The van der Waals surface area contributed by atoms with Crippen molar-refractivity contribution in [3.05, 3.63) is 84.1 Å². The summed E-state index contributed by atoms with van der Waals surface area (Å²) in [6.07, 6.45) is 8.18. The Morgan fingerprint density at radius 3 is 2.37 bits per heavy atom. The van der Waals surface area contributed by atoms with Crippen LogP contribution < -0.4 is 10.2 Å². The van der Waals surface area contributed by atoms with Crippen LogP contribution in [0.2, 0.25) is 0 Å². The molecule has 2 atom stereocenters. The third kappa shape index (κ3) is 6.21. The molecule has 2 heterocycles. The van der Waals surface area contributed by atoms with Gasteiger partial charge in [0.2, 0.25) is 0 Å². The van der Waals surface area contributed by atoms with Gasteiger partial charge in [-0.1, -0.05) is 75.9 Å². The first-order chi connectivity index (χ1) is 22.1. The molecule has 0 amide bonds. The number of thioether (sulfide) groups is 1. The van der Waals surface area contributed by atoms with Crippen LogP contribution >= 0.6 is 11.8 Å². The minimum Gasteiger partial charge on any atom is -0.480 e. The Kier molecular flexibility index (Phi) is 9.29. The molecule has 1 saturated carbocycles. The van der Waals surface area contributed by atoms with Gasteiger partial charge in [0.1, 0.15) is 5.54 Å². The van der Waals surface area contributed by atoms with Crippen LogP contribution in [0.5, 0.6) is 0 Å². The average Bonchev–Trinajstić information content (AvgIpc) is 3.68. The van der Waals surface area contributed by atoms with Crippen LogP contribution in [0.1, 0.15) is 76.0 Å². The monoisotopic (exact) mass is 659 g/mol. The van der Waals surface area contributed by atoms with Gasteiger partial charge in [-0.15, -0.1) is 11.8 Å². The van der Waals surface area contributed by atoms with Crippen LogP contribution in [0.25, 0.3) is 10.9 Å². The molecule has 3 N–H and O–H groups in total. The van der Waals surface area contributed by atoms with Crippen LogP contribution in [-0.2, 0) is 21.2 Å². The molecule has 2 unspecified atom stereocenters. The van der Waals surface area contributed by atoms with Gasteiger partial charge in [-0.05, 0) is 72.9 Å². The second kappa shape index (κ2) is 13.1. The van der Waals surface area contributed by atoms with E-state index in [-0.39, 0.29) is 23.6 Å². The van der Waals surface area contributed by atoms with Crippen molar-refractivity contribution in [2.45, 2.75) is 86.6 Å². The molecule has 0 radical (unpaired) electrons. The average molecular weight is 660 g/mol. The number of hydrogen-bond acceptors (Lipinski definition) is 6. The number of carboxylic acids is 1. The van der Waals surface area contributed by atoms with Gasteiger partial charge in [-0.25, -0.2) is 8.42 Å². The molecule has 1 aliphatic heterocycles. The summed E-state index contributed by atoms with van der Waals surface area (Å²) in [6, 6.07) is 24.0. The minimum absolute atomic E-state index is 0.114. The van der Waals surface area contributed by atoms with E-state index in [1.807, 2.05) is 66.9 Å². The smallest absolute Gasteiger partial charge is 0.324 e. The number of nitrogens with one attached hydrogen (secondary N) is 2. The highest BCUT2D eigenvalue weighted by Gasteiger charge is 2.61. The number of aromatic amines is 1. The maximum Gasteiger partial charge on any atom is 0.324 e. The van der Waals surface area contributed by atoms with Crippen molar-refractivity contribution < 1.29 is 18.3 Å². The Labute approximate surface area is 277 Å². The van der Waals surface area contributed by atoms with Crippen molar-refractivity contribution in [1.82, 2.24) is 10.3 Å². The lowest BCUT2D eigenvalue weighted by molar-refractivity contribution is -0.141. The van der Waals surface area contributed by atoms with Gasteiger partial charge >= 0.3 is 5.97 Å². The quantitative estimate of drug-likeness (QED) is 0.124. The molecule has 1 aromatic heterocycles. The number of aliphatic carboxylic acids is 1. The maximum absolute atomic E-state index is 14.5. The molecule has 0 spiro atoms. The zero-order valence-electron chi connectivity index (χ0n) is 27.0. The van der Waals surface area contributed by atoms with Crippen molar-refractivity contribution in [2.24, 2.45) is 5.41 Å². The minimum atomic E-state index is -3.66. The summed E-state index contributed by atoms with van der Waals surface area (Å²) in [7, 11) is -3.66. The molecular weight excluding hydrogens is 615 g/mol. The number of hydrogen-bond donors (Lipinski definition) is 3. The van der Waals surface area contributed by atoms with E-state index in [2.05, 4.69) is 41.2 Å². The van der Waals surface area contributed by atoms with Crippen LogP contribution in [0.15, 0.2) is 82.6 Å². The summed E-state index contributed by atoms with van der Waals surface area (Å²) in [6.45, 7) is 5.23. The van der Waals surface area contributed by atoms with Gasteiger partial charge in [-0.3, -0.25) is 10.1 Å². The van der Waals surface area contributed by atoms with Crippen molar-refractivity contribution >= 4 is 49.8 Å². The third-order valence-electron chi connectivity index (χ3n) is 10.0. The molecule has 244 valence electrons. The number of benzene rings is 3. The predicted molar refractivity (Wildman–Crippen MR) is 188 cm³/mol. The number of aromatic nitrogens is 1. The lowest BCUT2D eigenvalue weighted by Crippen LogP contribution is -2.40. The highest BCUT2D eigenvalue weighted by Crippen LogP contribution is 2.52. The summed E-state index contributed by atoms with van der Waals surface area (Å²) in [5.74, 6) is -0.981. The number of unbranched alkanes of at least 4 members (excludes halogenated alkanes) is 2. The van der Waals surface area contributed by atoms with E-state index in [0.717, 1.165) is 71.3 Å². The van der Waals surface area contributed by atoms with E-state index in [4.69, 9.17) is 0 Å². The van der Waals surface area contributed by atoms with Crippen LogP contribution in [0, 0.1) is 5.41 Å². The lowest BCUT2D eigenvalue weighted by Gasteiger charge is -2.37. The van der Waals surface area contributed by atoms with Crippen LogP contribution in [0.4, 0.5) is 11.4 Å². The van der Waals surface area contributed by atoms with E-state index in [0.29, 0.717) is 23.5 Å². The molecule has 7 nitrogen and oxygen atoms in total. The van der Waals surface area contributed by atoms with Gasteiger partial charge in [0, 0.05) is 46.2 Å². The van der Waals surface area contributed by atoms with Gasteiger partial charge in [0.15, 0.2) is 9.84 Å². The molecule has 0 bridgehead atoms. The molecule has 0 saturated heterocycles. The zero-order chi connectivity index (χ0) is 32.5. The second-order valence-corrected chi connectivity index (χ2v) is 16.0. The van der Waals surface area contributed by atoms with Gasteiger partial charge < -0.3 is 15.0 Å². The number of H-pyrrole nitrogens is 1. The molecule has 46 heavy (non-hydrogen) atoms. The third-order valence-corrected chi connectivity index (χ3v) is 12.8. The van der Waals surface area contributed by atoms with E-state index < -0.39 is 21.3 Å². The number of nitrogens with zero attached hydrogens (tertiary/aromatic N) is 1. The molecule has 3 aromatic carbocycles. The standard InChI is InChI=1S/C37H45N3O4S2/c1-4-6-17-36(18-7-5-2)24-40(28-14-9-8-10-15-28)32-21-33(45-3)27(20-34(32)46(43,44)25-36)23-38-37(35(41)42)22-29(37)31-19-26-13-11-12-16-30(26)39-31/h8-16,19-21,29,38-39H,4-7,17-18,22-25H2,1-3H3,(H,41,42). The van der Waals surface area contributed by atoms with E-state index in [9.17, 15) is 18.3 Å². The number of carbonyl (C=O) groups is 1. The Morgan fingerprint density at radius 1 is 1.02 bits per heavy atom. The number of anilines is 2. The maximum atomic E-state index is 14.5. The van der Waals surface area contributed by atoms with Gasteiger partial charge in [0.05, 0.1) is 16.3 Å². The van der Waals surface area contributed by atoms with Gasteiger partial charge in [0.25, 0.3) is 0 Å². The number of fused-ring (bicyclic) bond motifs is 2. The largest absolute Gasteiger partial charge is 0.480 e. The van der Waals surface area contributed by atoms with E-state index in [1.54, 1.807) is 11.8 Å². The first-order valence-electron chi connectivity index (χ1n) is 16.5. The highest BCUT2D eigenvalue weighted by molar-refractivity contribution is 7.98. The Bertz CT molecular complexity index is 1780. The van der Waals surface area contributed by atoms with E-state index >= 15 is 0 Å². The van der Waals surface area contributed by atoms with Gasteiger partial charge in [-0.2, -0.15) is 0 Å². The lowest BCUT2D eigenvalue weighted by atomic mass is 9.79. The number of carboxylic acid groups (broad SMARTS) is 1. The van der Waals surface area contributed by atoms with Crippen molar-refractivity contribution in [3.8, 4) is 0 Å². The van der Waals surface area contributed by atoms with Crippen molar-refractivity contribution in [3.63, 3.8) is 0 Å². The molecule has 4 aromatic rings. The Morgan fingerprint density at radius 2 is 1.72 bits per heavy atom. The SMILES string of the molecule is CCCCC1(CCCC)CN(c2ccccc2)c2cc(SC)c(CNC3(C(=O)O)CC3c3cc4ccccc4[nH]3)cc2S(=O)(=O)C1. The Balaban J connectivity index is 1.38. The molecule has 1 aliphatic carbocycles. The normalized spacial score (nSPS) is 21.5. The first kappa shape index (κ1) is 32.7. The van der Waals surface area contributed by atoms with Crippen LogP contribution in [0.3, 0.4) is 0 Å². The molecule has 9 heteroatoms. The molecule has 6 rings (SSSR count). The fourth-order valence-corrected chi connectivity index (χ4v) is 10.2. The van der Waals surface area contributed by atoms with Crippen LogP contribution in [-0.4, -0.2) is 48.6 Å². The molecule has 1 fully saturated rings. The zero-order valence-corrected chi connectivity index (χ0v) is 28.6. The molecule has 2 aliphatic rings. The topological polar surface area (TPSA) is 102 Å².